The Morgan fingerprint density at radius 1 is 1.38 bits per heavy atom. The number of rotatable bonds is 7. The molecule has 0 saturated carbocycles. The Labute approximate surface area is 126 Å². The van der Waals surface area contributed by atoms with Gasteiger partial charge >= 0.3 is 0 Å². The summed E-state index contributed by atoms with van der Waals surface area (Å²) in [5.74, 6) is 0.951. The molecule has 1 aromatic heterocycles. The lowest BCUT2D eigenvalue weighted by Crippen LogP contribution is -2.05. The SMILES string of the molecule is CCCn1c(CO)nnc1SCc1ccccc1[N+](=O)[O-]. The fraction of sp³-hybridized carbons (Fsp3) is 0.385. The fourth-order valence-electron chi connectivity index (χ4n) is 1.94. The number of nitro groups is 1. The van der Waals surface area contributed by atoms with Gasteiger partial charge in [-0.05, 0) is 6.42 Å². The molecule has 1 heterocycles. The summed E-state index contributed by atoms with van der Waals surface area (Å²) < 4.78 is 1.85. The Bertz CT molecular complexity index is 630. The molecule has 2 aromatic rings. The predicted molar refractivity (Wildman–Crippen MR) is 78.9 cm³/mol. The second-order valence-corrected chi connectivity index (χ2v) is 5.33. The average molecular weight is 308 g/mol. The van der Waals surface area contributed by atoms with Crippen LogP contribution in [0.3, 0.4) is 0 Å². The summed E-state index contributed by atoms with van der Waals surface area (Å²) >= 11 is 1.38. The van der Waals surface area contributed by atoms with Crippen LogP contribution in [0.2, 0.25) is 0 Å². The predicted octanol–water partition coefficient (Wildman–Crippen LogP) is 2.38. The molecule has 21 heavy (non-hydrogen) atoms. The topological polar surface area (TPSA) is 94.1 Å². The summed E-state index contributed by atoms with van der Waals surface area (Å²) in [7, 11) is 0. The van der Waals surface area contributed by atoms with E-state index in [9.17, 15) is 15.2 Å². The van der Waals surface area contributed by atoms with Crippen LogP contribution < -0.4 is 0 Å². The number of aromatic nitrogens is 3. The number of aliphatic hydroxyl groups excluding tert-OH is 1. The molecule has 2 rings (SSSR count). The molecule has 0 spiro atoms. The minimum absolute atomic E-state index is 0.105. The van der Waals surface area contributed by atoms with Crippen LogP contribution in [0, 0.1) is 10.1 Å². The van der Waals surface area contributed by atoms with Gasteiger partial charge in [-0.25, -0.2) is 0 Å². The largest absolute Gasteiger partial charge is 0.388 e. The molecule has 1 aromatic carbocycles. The molecule has 0 aliphatic rings. The maximum absolute atomic E-state index is 11.0. The van der Waals surface area contributed by atoms with Crippen molar-refractivity contribution in [3.05, 3.63) is 45.8 Å². The van der Waals surface area contributed by atoms with Crippen molar-refractivity contribution in [1.82, 2.24) is 14.8 Å². The van der Waals surface area contributed by atoms with Gasteiger partial charge in [-0.2, -0.15) is 0 Å². The van der Waals surface area contributed by atoms with Gasteiger partial charge in [-0.3, -0.25) is 10.1 Å². The normalized spacial score (nSPS) is 10.8. The molecule has 0 radical (unpaired) electrons. The van der Waals surface area contributed by atoms with E-state index in [2.05, 4.69) is 10.2 Å². The highest BCUT2D eigenvalue weighted by Gasteiger charge is 2.15. The standard InChI is InChI=1S/C13H16N4O3S/c1-2-7-16-12(8-18)14-15-13(16)21-9-10-5-3-4-6-11(10)17(19)20/h3-6,18H,2,7-9H2,1H3. The molecule has 0 aliphatic heterocycles. The molecule has 0 saturated heterocycles. The van der Waals surface area contributed by atoms with Crippen LogP contribution in [0.1, 0.15) is 24.7 Å². The minimum Gasteiger partial charge on any atom is -0.388 e. The van der Waals surface area contributed by atoms with Crippen molar-refractivity contribution in [2.24, 2.45) is 0 Å². The van der Waals surface area contributed by atoms with Crippen molar-refractivity contribution < 1.29 is 10.0 Å². The molecule has 0 unspecified atom stereocenters. The average Bonchev–Trinajstić information content (AvgIpc) is 2.88. The molecule has 0 bridgehead atoms. The van der Waals surface area contributed by atoms with E-state index in [0.717, 1.165) is 6.42 Å². The second kappa shape index (κ2) is 7.19. The van der Waals surface area contributed by atoms with Crippen LogP contribution in [0.4, 0.5) is 5.69 Å². The molecular formula is C13H16N4O3S. The van der Waals surface area contributed by atoms with Crippen LogP contribution in [-0.2, 0) is 18.9 Å². The lowest BCUT2D eigenvalue weighted by molar-refractivity contribution is -0.385. The van der Waals surface area contributed by atoms with Crippen LogP contribution in [0.5, 0.6) is 0 Å². The Hall–Kier alpha value is -1.93. The monoisotopic (exact) mass is 308 g/mol. The van der Waals surface area contributed by atoms with Gasteiger partial charge < -0.3 is 9.67 Å². The van der Waals surface area contributed by atoms with Gasteiger partial charge in [0.05, 0.1) is 4.92 Å². The highest BCUT2D eigenvalue weighted by Crippen LogP contribution is 2.27. The number of para-hydroxylation sites is 1. The van der Waals surface area contributed by atoms with Crippen LogP contribution >= 0.6 is 11.8 Å². The maximum Gasteiger partial charge on any atom is 0.273 e. The lowest BCUT2D eigenvalue weighted by atomic mass is 10.2. The van der Waals surface area contributed by atoms with Gasteiger partial charge in [0.25, 0.3) is 5.69 Å². The van der Waals surface area contributed by atoms with E-state index in [4.69, 9.17) is 0 Å². The Morgan fingerprint density at radius 3 is 2.81 bits per heavy atom. The van der Waals surface area contributed by atoms with E-state index in [1.807, 2.05) is 11.5 Å². The van der Waals surface area contributed by atoms with Gasteiger partial charge in [-0.1, -0.05) is 36.9 Å². The highest BCUT2D eigenvalue weighted by atomic mass is 32.2. The molecule has 1 N–H and O–H groups in total. The van der Waals surface area contributed by atoms with Crippen LogP contribution in [0.25, 0.3) is 0 Å². The molecule has 0 amide bonds. The van der Waals surface area contributed by atoms with Gasteiger partial charge in [0.1, 0.15) is 6.61 Å². The third kappa shape index (κ3) is 3.59. The third-order valence-corrected chi connectivity index (χ3v) is 3.94. The first-order valence-corrected chi connectivity index (χ1v) is 7.54. The van der Waals surface area contributed by atoms with Crippen molar-refractivity contribution >= 4 is 17.4 Å². The minimum atomic E-state index is -0.383. The first kappa shape index (κ1) is 15.5. The fourth-order valence-corrected chi connectivity index (χ4v) is 2.92. The zero-order valence-electron chi connectivity index (χ0n) is 11.6. The Kier molecular flexibility index (Phi) is 5.29. The number of benzene rings is 1. The van der Waals surface area contributed by atoms with E-state index >= 15 is 0 Å². The number of aliphatic hydroxyl groups is 1. The van der Waals surface area contributed by atoms with Gasteiger partial charge in [0.2, 0.25) is 0 Å². The Morgan fingerprint density at radius 2 is 2.14 bits per heavy atom. The van der Waals surface area contributed by atoms with Gasteiger partial charge in [0, 0.05) is 23.9 Å². The molecular weight excluding hydrogens is 292 g/mol. The van der Waals surface area contributed by atoms with Crippen molar-refractivity contribution in [3.63, 3.8) is 0 Å². The molecule has 7 nitrogen and oxygen atoms in total. The summed E-state index contributed by atoms with van der Waals surface area (Å²) in [5.41, 5.74) is 0.748. The second-order valence-electron chi connectivity index (χ2n) is 4.38. The summed E-state index contributed by atoms with van der Waals surface area (Å²) in [6.45, 7) is 2.57. The first-order valence-electron chi connectivity index (χ1n) is 6.55. The first-order chi connectivity index (χ1) is 10.2. The molecule has 8 heteroatoms. The zero-order valence-corrected chi connectivity index (χ0v) is 12.4. The van der Waals surface area contributed by atoms with Gasteiger partial charge in [-0.15, -0.1) is 10.2 Å². The summed E-state index contributed by atoms with van der Waals surface area (Å²) in [6.07, 6.45) is 0.893. The van der Waals surface area contributed by atoms with E-state index in [1.54, 1.807) is 18.2 Å². The smallest absolute Gasteiger partial charge is 0.273 e. The maximum atomic E-state index is 11.0. The summed E-state index contributed by atoms with van der Waals surface area (Å²) in [5, 5.41) is 28.9. The molecule has 0 fully saturated rings. The number of thioether (sulfide) groups is 1. The van der Waals surface area contributed by atoms with Crippen molar-refractivity contribution in [3.8, 4) is 0 Å². The number of nitro benzene ring substituents is 1. The van der Waals surface area contributed by atoms with Gasteiger partial charge in [0.15, 0.2) is 11.0 Å². The highest BCUT2D eigenvalue weighted by molar-refractivity contribution is 7.98. The number of nitrogens with zero attached hydrogens (tertiary/aromatic N) is 4. The van der Waals surface area contributed by atoms with Crippen molar-refractivity contribution in [2.45, 2.75) is 37.4 Å². The number of hydrogen-bond donors (Lipinski definition) is 1. The summed E-state index contributed by atoms with van der Waals surface area (Å²) in [6, 6.07) is 6.65. The van der Waals surface area contributed by atoms with Crippen molar-refractivity contribution in [2.75, 3.05) is 0 Å². The summed E-state index contributed by atoms with van der Waals surface area (Å²) in [4.78, 5) is 10.6. The third-order valence-electron chi connectivity index (χ3n) is 2.93. The van der Waals surface area contributed by atoms with E-state index in [-0.39, 0.29) is 17.2 Å². The van der Waals surface area contributed by atoms with E-state index in [1.165, 1.54) is 17.8 Å². The molecule has 0 aliphatic carbocycles. The molecule has 0 atom stereocenters. The Balaban J connectivity index is 2.17. The van der Waals surface area contributed by atoms with Crippen LogP contribution in [-0.4, -0.2) is 24.8 Å². The number of hydrogen-bond acceptors (Lipinski definition) is 6. The lowest BCUT2D eigenvalue weighted by Gasteiger charge is -2.07. The van der Waals surface area contributed by atoms with E-state index < -0.39 is 0 Å². The quantitative estimate of drug-likeness (QED) is 0.479. The zero-order chi connectivity index (χ0) is 15.2. The van der Waals surface area contributed by atoms with E-state index in [0.29, 0.717) is 28.8 Å². The van der Waals surface area contributed by atoms with Crippen molar-refractivity contribution in [1.29, 1.82) is 0 Å². The van der Waals surface area contributed by atoms with Crippen LogP contribution in [0.15, 0.2) is 29.4 Å². The molecule has 112 valence electrons.